The van der Waals surface area contributed by atoms with Crippen molar-refractivity contribution in [3.05, 3.63) is 95.6 Å². The van der Waals surface area contributed by atoms with E-state index in [2.05, 4.69) is 33.9 Å². The van der Waals surface area contributed by atoms with Gasteiger partial charge < -0.3 is 28.5 Å². The maximum Gasteiger partial charge on any atom is 0.338 e. The molecular formula is C34H44O7SSi. The number of carbonyl (C=O) groups is 1. The molecule has 7 nitrogen and oxygen atoms in total. The summed E-state index contributed by atoms with van der Waals surface area (Å²) in [6.45, 7) is 13.2. The number of esters is 1. The Hall–Kier alpha value is -2.66. The highest BCUT2D eigenvalue weighted by atomic mass is 32.2. The molecule has 43 heavy (non-hydrogen) atoms. The molecule has 1 aliphatic rings. The fourth-order valence-corrected chi connectivity index (χ4v) is 6.84. The van der Waals surface area contributed by atoms with Gasteiger partial charge in [0.05, 0.1) is 25.9 Å². The molecule has 0 bridgehead atoms. The molecule has 1 aliphatic heterocycles. The van der Waals surface area contributed by atoms with E-state index in [0.29, 0.717) is 12.2 Å². The van der Waals surface area contributed by atoms with Crippen LogP contribution in [0.25, 0.3) is 0 Å². The summed E-state index contributed by atoms with van der Waals surface area (Å²) in [5.74, 6) is 0.279. The van der Waals surface area contributed by atoms with Crippen LogP contribution in [-0.4, -0.2) is 63.0 Å². The molecule has 0 unspecified atom stereocenters. The number of thioether (sulfide) groups is 1. The number of carbonyl (C=O) groups excluding carboxylic acids is 1. The van der Waals surface area contributed by atoms with Crippen molar-refractivity contribution in [3.8, 4) is 5.75 Å². The summed E-state index contributed by atoms with van der Waals surface area (Å²) in [4.78, 5) is 14.3. The predicted molar refractivity (Wildman–Crippen MR) is 172 cm³/mol. The molecule has 0 aliphatic carbocycles. The van der Waals surface area contributed by atoms with Gasteiger partial charge in [-0.05, 0) is 67.0 Å². The van der Waals surface area contributed by atoms with Gasteiger partial charge in [0.25, 0.3) is 0 Å². The lowest BCUT2D eigenvalue weighted by Gasteiger charge is -2.48. The smallest absolute Gasteiger partial charge is 0.338 e. The minimum absolute atomic E-state index is 0.134. The summed E-state index contributed by atoms with van der Waals surface area (Å²) in [5.41, 5.74) is 1.89. The zero-order chi connectivity index (χ0) is 31.2. The number of methoxy groups -OCH3 is 1. The van der Waals surface area contributed by atoms with Crippen LogP contribution in [0.4, 0.5) is 0 Å². The Morgan fingerprint density at radius 3 is 2.21 bits per heavy atom. The van der Waals surface area contributed by atoms with E-state index < -0.39 is 44.1 Å². The molecule has 5 atom stereocenters. The summed E-state index contributed by atoms with van der Waals surface area (Å²) in [7, 11) is -0.797. The number of aryl methyl sites for hydroxylation is 1. The van der Waals surface area contributed by atoms with Gasteiger partial charge >= 0.3 is 5.97 Å². The Labute approximate surface area is 261 Å². The number of hydrogen-bond donors (Lipinski definition) is 1. The zero-order valence-corrected chi connectivity index (χ0v) is 27.9. The summed E-state index contributed by atoms with van der Waals surface area (Å²) in [6, 6.07) is 24.6. The Morgan fingerprint density at radius 2 is 1.60 bits per heavy atom. The zero-order valence-electron chi connectivity index (χ0n) is 26.1. The summed E-state index contributed by atoms with van der Waals surface area (Å²) in [6.07, 6.45) is -3.49. The average Bonchev–Trinajstić information content (AvgIpc) is 2.98. The number of rotatable bonds is 11. The SMILES string of the molecule is COc1ccc(COC[C@H]2O[C@@H](Sc3ccc(C)cc3)[C@H](OC(=O)c3ccccc3)[C@@H](O[Si](C)(C)C(C)(C)C)[C@@H]2O)cc1. The Balaban J connectivity index is 1.63. The van der Waals surface area contributed by atoms with E-state index >= 15 is 0 Å². The van der Waals surface area contributed by atoms with Gasteiger partial charge in [0.1, 0.15) is 29.5 Å². The largest absolute Gasteiger partial charge is 0.497 e. The second kappa shape index (κ2) is 14.4. The number of benzene rings is 3. The van der Waals surface area contributed by atoms with E-state index in [9.17, 15) is 9.90 Å². The Kier molecular flexibility index (Phi) is 11.1. The van der Waals surface area contributed by atoms with Crippen LogP contribution in [0.3, 0.4) is 0 Å². The number of aliphatic hydroxyl groups is 1. The molecule has 1 fully saturated rings. The van der Waals surface area contributed by atoms with Crippen molar-refractivity contribution in [2.75, 3.05) is 13.7 Å². The van der Waals surface area contributed by atoms with Crippen LogP contribution in [0.2, 0.25) is 18.1 Å². The standard InChI is InChI=1S/C34H44O7SSi/c1-23-13-19-27(20-14-23)42-33-31(40-32(36)25-11-9-8-10-12-25)30(41-43(6,7)34(2,3)4)29(35)28(39-33)22-38-21-24-15-17-26(37-5)18-16-24/h8-20,28-31,33,35H,21-22H2,1-7H3/t28-,29-,30+,31-,33+/m1/s1. The third kappa shape index (κ3) is 8.71. The third-order valence-corrected chi connectivity index (χ3v) is 13.7. The van der Waals surface area contributed by atoms with Gasteiger partial charge in [0.2, 0.25) is 0 Å². The molecule has 3 aromatic carbocycles. The van der Waals surface area contributed by atoms with E-state index in [1.165, 1.54) is 11.8 Å². The molecule has 1 heterocycles. The number of ether oxygens (including phenoxy) is 4. The molecule has 0 amide bonds. The maximum absolute atomic E-state index is 13.4. The fourth-order valence-electron chi connectivity index (χ4n) is 4.43. The molecule has 3 aromatic rings. The second-order valence-electron chi connectivity index (χ2n) is 12.4. The van der Waals surface area contributed by atoms with Crippen LogP contribution < -0.4 is 4.74 Å². The van der Waals surface area contributed by atoms with Gasteiger partial charge in [-0.15, -0.1) is 0 Å². The molecule has 232 valence electrons. The summed E-state index contributed by atoms with van der Waals surface area (Å²) in [5, 5.41) is 11.6. The van der Waals surface area contributed by atoms with Gasteiger partial charge in [0.15, 0.2) is 14.4 Å². The predicted octanol–water partition coefficient (Wildman–Crippen LogP) is 7.01. The van der Waals surface area contributed by atoms with Crippen molar-refractivity contribution in [1.29, 1.82) is 0 Å². The second-order valence-corrected chi connectivity index (χ2v) is 18.3. The van der Waals surface area contributed by atoms with Crippen molar-refractivity contribution in [2.24, 2.45) is 0 Å². The van der Waals surface area contributed by atoms with Crippen LogP contribution >= 0.6 is 11.8 Å². The van der Waals surface area contributed by atoms with E-state index in [4.69, 9.17) is 23.4 Å². The van der Waals surface area contributed by atoms with Gasteiger partial charge in [0, 0.05) is 4.90 Å². The maximum atomic E-state index is 13.4. The van der Waals surface area contributed by atoms with E-state index in [1.54, 1.807) is 31.4 Å². The highest BCUT2D eigenvalue weighted by Gasteiger charge is 2.52. The minimum Gasteiger partial charge on any atom is -0.497 e. The molecule has 0 radical (unpaired) electrons. The van der Waals surface area contributed by atoms with Crippen molar-refractivity contribution in [2.45, 2.75) is 87.2 Å². The van der Waals surface area contributed by atoms with Crippen molar-refractivity contribution >= 4 is 26.0 Å². The fraction of sp³-hybridized carbons (Fsp3) is 0.441. The molecule has 4 rings (SSSR count). The third-order valence-electron chi connectivity index (χ3n) is 8.09. The highest BCUT2D eigenvalue weighted by Crippen LogP contribution is 2.42. The van der Waals surface area contributed by atoms with Crippen LogP contribution in [0.1, 0.15) is 42.3 Å². The van der Waals surface area contributed by atoms with Gasteiger partial charge in [-0.1, -0.05) is 80.6 Å². The van der Waals surface area contributed by atoms with Gasteiger partial charge in [-0.2, -0.15) is 0 Å². The lowest BCUT2D eigenvalue weighted by Crippen LogP contribution is -2.63. The quantitative estimate of drug-likeness (QED) is 0.180. The monoisotopic (exact) mass is 624 g/mol. The topological polar surface area (TPSA) is 83.5 Å². The molecule has 1 N–H and O–H groups in total. The Morgan fingerprint density at radius 1 is 0.953 bits per heavy atom. The van der Waals surface area contributed by atoms with E-state index in [1.807, 2.05) is 61.5 Å². The van der Waals surface area contributed by atoms with Crippen molar-refractivity contribution in [1.82, 2.24) is 0 Å². The van der Waals surface area contributed by atoms with Gasteiger partial charge in [-0.25, -0.2) is 4.79 Å². The van der Waals surface area contributed by atoms with E-state index in [-0.39, 0.29) is 11.6 Å². The first-order valence-corrected chi connectivity index (χ1v) is 18.4. The molecule has 9 heteroatoms. The first kappa shape index (κ1) is 33.2. The first-order valence-electron chi connectivity index (χ1n) is 14.6. The first-order chi connectivity index (χ1) is 20.4. The Bertz CT molecular complexity index is 1310. The lowest BCUT2D eigenvalue weighted by molar-refractivity contribution is -0.206. The molecule has 0 spiro atoms. The van der Waals surface area contributed by atoms with Crippen LogP contribution in [-0.2, 0) is 25.2 Å². The lowest BCUT2D eigenvalue weighted by atomic mass is 10.00. The van der Waals surface area contributed by atoms with Gasteiger partial charge in [-0.3, -0.25) is 0 Å². The van der Waals surface area contributed by atoms with Crippen molar-refractivity contribution in [3.63, 3.8) is 0 Å². The normalized spacial score (nSPS) is 22.7. The molecule has 0 saturated carbocycles. The molecular weight excluding hydrogens is 581 g/mol. The summed E-state index contributed by atoms with van der Waals surface area (Å²) < 4.78 is 30.9. The van der Waals surface area contributed by atoms with E-state index in [0.717, 1.165) is 21.8 Å². The van der Waals surface area contributed by atoms with Crippen LogP contribution in [0.15, 0.2) is 83.8 Å². The van der Waals surface area contributed by atoms with Crippen molar-refractivity contribution < 1.29 is 33.3 Å². The molecule has 0 aromatic heterocycles. The number of hydrogen-bond acceptors (Lipinski definition) is 8. The summed E-state index contributed by atoms with van der Waals surface area (Å²) >= 11 is 1.45. The average molecular weight is 625 g/mol. The molecule has 1 saturated heterocycles. The highest BCUT2D eigenvalue weighted by molar-refractivity contribution is 7.99. The van der Waals surface area contributed by atoms with Crippen LogP contribution in [0.5, 0.6) is 5.75 Å². The minimum atomic E-state index is -2.43. The van der Waals surface area contributed by atoms with Crippen LogP contribution in [0, 0.1) is 6.92 Å². The number of aliphatic hydroxyl groups excluding tert-OH is 1.